The predicted molar refractivity (Wildman–Crippen MR) is 38.2 cm³/mol. The zero-order valence-electron chi connectivity index (χ0n) is 6.39. The Morgan fingerprint density at radius 3 is 2.30 bits per heavy atom. The molecule has 0 aliphatic carbocycles. The minimum atomic E-state index is -0.0174. The minimum Gasteiger partial charge on any atom is -0.458 e. The SMILES string of the molecule is CC(=O)c1cc(C)c(C)o1. The summed E-state index contributed by atoms with van der Waals surface area (Å²) in [5, 5.41) is 0. The van der Waals surface area contributed by atoms with Gasteiger partial charge < -0.3 is 4.42 Å². The first-order valence-electron chi connectivity index (χ1n) is 3.19. The molecule has 0 unspecified atom stereocenters. The molecule has 0 aromatic carbocycles. The van der Waals surface area contributed by atoms with Crippen LogP contribution < -0.4 is 0 Å². The molecule has 0 amide bonds. The summed E-state index contributed by atoms with van der Waals surface area (Å²) in [4.78, 5) is 10.7. The van der Waals surface area contributed by atoms with Gasteiger partial charge in [-0.1, -0.05) is 0 Å². The van der Waals surface area contributed by atoms with E-state index in [0.29, 0.717) is 5.76 Å². The van der Waals surface area contributed by atoms with Gasteiger partial charge in [-0.25, -0.2) is 0 Å². The molecule has 2 heteroatoms. The van der Waals surface area contributed by atoms with E-state index < -0.39 is 0 Å². The Hall–Kier alpha value is -1.05. The number of Topliss-reactive ketones (excluding diaryl/α,β-unsaturated/α-hetero) is 1. The normalized spacial score (nSPS) is 9.90. The van der Waals surface area contributed by atoms with E-state index in [1.165, 1.54) is 6.92 Å². The van der Waals surface area contributed by atoms with E-state index in [0.717, 1.165) is 11.3 Å². The van der Waals surface area contributed by atoms with Crippen LogP contribution in [0.5, 0.6) is 0 Å². The van der Waals surface area contributed by atoms with E-state index in [1.54, 1.807) is 6.07 Å². The van der Waals surface area contributed by atoms with Gasteiger partial charge in [0.15, 0.2) is 11.5 Å². The molecule has 2 nitrogen and oxygen atoms in total. The van der Waals surface area contributed by atoms with Crippen LogP contribution in [0.2, 0.25) is 0 Å². The summed E-state index contributed by atoms with van der Waals surface area (Å²) in [5.74, 6) is 1.26. The summed E-state index contributed by atoms with van der Waals surface area (Å²) < 4.78 is 5.13. The van der Waals surface area contributed by atoms with Gasteiger partial charge in [0.2, 0.25) is 0 Å². The molecule has 1 rings (SSSR count). The number of hydrogen-bond acceptors (Lipinski definition) is 2. The van der Waals surface area contributed by atoms with Gasteiger partial charge in [-0.15, -0.1) is 0 Å². The number of rotatable bonds is 1. The van der Waals surface area contributed by atoms with Crippen molar-refractivity contribution in [2.75, 3.05) is 0 Å². The van der Waals surface area contributed by atoms with Crippen LogP contribution in [-0.4, -0.2) is 5.78 Å². The van der Waals surface area contributed by atoms with Gasteiger partial charge in [-0.05, 0) is 25.5 Å². The molecule has 1 aromatic heterocycles. The van der Waals surface area contributed by atoms with E-state index in [4.69, 9.17) is 4.42 Å². The molecule has 0 saturated heterocycles. The number of ketones is 1. The highest BCUT2D eigenvalue weighted by atomic mass is 16.3. The van der Waals surface area contributed by atoms with Crippen molar-refractivity contribution in [1.82, 2.24) is 0 Å². The van der Waals surface area contributed by atoms with Crippen molar-refractivity contribution in [3.05, 3.63) is 23.2 Å². The average Bonchev–Trinajstić information content (AvgIpc) is 2.13. The summed E-state index contributed by atoms with van der Waals surface area (Å²) in [6, 6.07) is 1.76. The lowest BCUT2D eigenvalue weighted by molar-refractivity contribution is 0.0986. The molecule has 1 aromatic rings. The standard InChI is InChI=1S/C8H10O2/c1-5-4-8(6(2)9)10-7(5)3/h4H,1-3H3. The van der Waals surface area contributed by atoms with Gasteiger partial charge in [0, 0.05) is 6.92 Å². The van der Waals surface area contributed by atoms with E-state index >= 15 is 0 Å². The first kappa shape index (κ1) is 7.06. The lowest BCUT2D eigenvalue weighted by Crippen LogP contribution is -1.85. The molecule has 0 spiro atoms. The first-order valence-corrected chi connectivity index (χ1v) is 3.19. The van der Waals surface area contributed by atoms with Crippen molar-refractivity contribution < 1.29 is 9.21 Å². The molecule has 54 valence electrons. The van der Waals surface area contributed by atoms with Crippen molar-refractivity contribution in [2.24, 2.45) is 0 Å². The molecule has 0 radical (unpaired) electrons. The Morgan fingerprint density at radius 2 is 2.10 bits per heavy atom. The summed E-state index contributed by atoms with van der Waals surface area (Å²) >= 11 is 0. The smallest absolute Gasteiger partial charge is 0.194 e. The predicted octanol–water partition coefficient (Wildman–Crippen LogP) is 2.10. The highest BCUT2D eigenvalue weighted by Crippen LogP contribution is 2.12. The zero-order valence-corrected chi connectivity index (χ0v) is 6.39. The Bertz CT molecular complexity index is 239. The maximum atomic E-state index is 10.7. The molecule has 0 bridgehead atoms. The van der Waals surface area contributed by atoms with Gasteiger partial charge in [0.1, 0.15) is 5.76 Å². The number of hydrogen-bond donors (Lipinski definition) is 0. The maximum absolute atomic E-state index is 10.7. The maximum Gasteiger partial charge on any atom is 0.194 e. The average molecular weight is 138 g/mol. The topological polar surface area (TPSA) is 30.2 Å². The summed E-state index contributed by atoms with van der Waals surface area (Å²) in [6.45, 7) is 5.27. The van der Waals surface area contributed by atoms with Gasteiger partial charge in [-0.3, -0.25) is 4.79 Å². The van der Waals surface area contributed by atoms with E-state index in [1.807, 2.05) is 13.8 Å². The summed E-state index contributed by atoms with van der Waals surface area (Å²) in [5.41, 5.74) is 1.03. The highest BCUT2D eigenvalue weighted by Gasteiger charge is 2.06. The first-order chi connectivity index (χ1) is 4.61. The number of carbonyl (C=O) groups excluding carboxylic acids is 1. The van der Waals surface area contributed by atoms with Crippen LogP contribution in [0.3, 0.4) is 0 Å². The summed E-state index contributed by atoms with van der Waals surface area (Å²) in [6.07, 6.45) is 0. The van der Waals surface area contributed by atoms with Crippen molar-refractivity contribution in [2.45, 2.75) is 20.8 Å². The Labute approximate surface area is 59.8 Å². The molecule has 0 saturated carbocycles. The third kappa shape index (κ3) is 1.10. The number of carbonyl (C=O) groups is 1. The molecule has 1 heterocycles. The molecular formula is C8H10O2. The second-order valence-electron chi connectivity index (χ2n) is 2.41. The van der Waals surface area contributed by atoms with Crippen LogP contribution in [0.15, 0.2) is 10.5 Å². The molecule has 0 fully saturated rings. The van der Waals surface area contributed by atoms with Crippen molar-refractivity contribution in [1.29, 1.82) is 0 Å². The Morgan fingerprint density at radius 1 is 1.50 bits per heavy atom. The molecule has 0 aliphatic rings. The lowest BCUT2D eigenvalue weighted by atomic mass is 10.2. The molecule has 0 aliphatic heterocycles. The van der Waals surface area contributed by atoms with Gasteiger partial charge >= 0.3 is 0 Å². The van der Waals surface area contributed by atoms with Crippen LogP contribution >= 0.6 is 0 Å². The van der Waals surface area contributed by atoms with Crippen LogP contribution in [0.25, 0.3) is 0 Å². The third-order valence-corrected chi connectivity index (χ3v) is 1.51. The van der Waals surface area contributed by atoms with Crippen molar-refractivity contribution in [3.63, 3.8) is 0 Å². The monoisotopic (exact) mass is 138 g/mol. The lowest BCUT2D eigenvalue weighted by Gasteiger charge is -1.83. The molecule has 0 atom stereocenters. The fourth-order valence-corrected chi connectivity index (χ4v) is 0.747. The second kappa shape index (κ2) is 2.29. The van der Waals surface area contributed by atoms with Gasteiger partial charge in [0.05, 0.1) is 0 Å². The van der Waals surface area contributed by atoms with Crippen LogP contribution in [-0.2, 0) is 0 Å². The number of furan rings is 1. The Kier molecular flexibility index (Phi) is 1.62. The van der Waals surface area contributed by atoms with E-state index in [-0.39, 0.29) is 5.78 Å². The third-order valence-electron chi connectivity index (χ3n) is 1.51. The zero-order chi connectivity index (χ0) is 7.72. The fraction of sp³-hybridized carbons (Fsp3) is 0.375. The van der Waals surface area contributed by atoms with Gasteiger partial charge in [0.25, 0.3) is 0 Å². The minimum absolute atomic E-state index is 0.0174. The molecule has 10 heavy (non-hydrogen) atoms. The van der Waals surface area contributed by atoms with E-state index in [2.05, 4.69) is 0 Å². The highest BCUT2D eigenvalue weighted by molar-refractivity contribution is 5.91. The van der Waals surface area contributed by atoms with Crippen molar-refractivity contribution in [3.8, 4) is 0 Å². The van der Waals surface area contributed by atoms with Crippen molar-refractivity contribution >= 4 is 5.78 Å². The summed E-state index contributed by atoms with van der Waals surface area (Å²) in [7, 11) is 0. The number of aryl methyl sites for hydroxylation is 2. The quantitative estimate of drug-likeness (QED) is 0.556. The second-order valence-corrected chi connectivity index (χ2v) is 2.41. The molecular weight excluding hydrogens is 128 g/mol. The fourth-order valence-electron chi connectivity index (χ4n) is 0.747. The van der Waals surface area contributed by atoms with Gasteiger partial charge in [-0.2, -0.15) is 0 Å². The Balaban J connectivity index is 3.10. The van der Waals surface area contributed by atoms with Crippen LogP contribution in [0.1, 0.15) is 28.8 Å². The largest absolute Gasteiger partial charge is 0.458 e. The molecule has 0 N–H and O–H groups in total. The van der Waals surface area contributed by atoms with E-state index in [9.17, 15) is 4.79 Å². The van der Waals surface area contributed by atoms with Crippen LogP contribution in [0, 0.1) is 13.8 Å². The van der Waals surface area contributed by atoms with Crippen LogP contribution in [0.4, 0.5) is 0 Å².